The van der Waals surface area contributed by atoms with Gasteiger partial charge in [0, 0.05) is 24.1 Å². The van der Waals surface area contributed by atoms with E-state index in [1.54, 1.807) is 6.92 Å². The van der Waals surface area contributed by atoms with Crippen molar-refractivity contribution in [3.63, 3.8) is 0 Å². The van der Waals surface area contributed by atoms with Crippen LogP contribution in [0, 0.1) is 11.6 Å². The van der Waals surface area contributed by atoms with E-state index in [2.05, 4.69) is 15.0 Å². The van der Waals surface area contributed by atoms with Crippen molar-refractivity contribution < 1.29 is 18.3 Å². The Morgan fingerprint density at radius 3 is 2.85 bits per heavy atom. The highest BCUT2D eigenvalue weighted by molar-refractivity contribution is 7.99. The number of nitrogens with one attached hydrogen (secondary N) is 2. The summed E-state index contributed by atoms with van der Waals surface area (Å²) in [5, 5.41) is 2.57. The third kappa shape index (κ3) is 4.86. The molecule has 0 aliphatic carbocycles. The first kappa shape index (κ1) is 19.4. The zero-order valence-electron chi connectivity index (χ0n) is 14.4. The van der Waals surface area contributed by atoms with Gasteiger partial charge in [0.25, 0.3) is 0 Å². The van der Waals surface area contributed by atoms with E-state index in [9.17, 15) is 13.6 Å². The summed E-state index contributed by atoms with van der Waals surface area (Å²) in [7, 11) is 0. The lowest BCUT2D eigenvalue weighted by Gasteiger charge is -2.11. The average Bonchev–Trinajstić information content (AvgIpc) is 3.08. The van der Waals surface area contributed by atoms with Gasteiger partial charge in [0.2, 0.25) is 0 Å². The quantitative estimate of drug-likeness (QED) is 0.563. The fourth-order valence-electron chi connectivity index (χ4n) is 2.39. The molecule has 1 heterocycles. The van der Waals surface area contributed by atoms with Crippen molar-refractivity contribution in [3.8, 4) is 5.75 Å². The van der Waals surface area contributed by atoms with E-state index >= 15 is 0 Å². The zero-order valence-corrected chi connectivity index (χ0v) is 16.1. The minimum atomic E-state index is -0.733. The number of carbonyl (C=O) groups excluding carboxylic acids is 1. The highest BCUT2D eigenvalue weighted by atomic mass is 32.2. The van der Waals surface area contributed by atoms with E-state index in [1.165, 1.54) is 17.4 Å². The first-order chi connectivity index (χ1) is 13.1. The van der Waals surface area contributed by atoms with Gasteiger partial charge in [0.15, 0.2) is 15.9 Å². The number of urea groups is 1. The van der Waals surface area contributed by atoms with Crippen molar-refractivity contribution >= 4 is 39.5 Å². The number of aromatic nitrogens is 1. The van der Waals surface area contributed by atoms with E-state index in [4.69, 9.17) is 4.74 Å². The molecule has 0 atom stereocenters. The molecular weight excluding hydrogens is 392 g/mol. The summed E-state index contributed by atoms with van der Waals surface area (Å²) < 4.78 is 37.5. The maximum atomic E-state index is 14.2. The van der Waals surface area contributed by atoms with E-state index in [0.717, 1.165) is 28.2 Å². The molecule has 2 amide bonds. The molecule has 1 aromatic heterocycles. The van der Waals surface area contributed by atoms with E-state index in [-0.39, 0.29) is 30.9 Å². The van der Waals surface area contributed by atoms with E-state index < -0.39 is 17.7 Å². The van der Waals surface area contributed by atoms with Gasteiger partial charge in [-0.1, -0.05) is 12.1 Å². The molecule has 5 nitrogen and oxygen atoms in total. The van der Waals surface area contributed by atoms with Gasteiger partial charge in [-0.25, -0.2) is 18.6 Å². The van der Waals surface area contributed by atoms with Crippen molar-refractivity contribution in [2.45, 2.75) is 17.7 Å². The first-order valence-corrected chi connectivity index (χ1v) is 9.87. The van der Waals surface area contributed by atoms with Gasteiger partial charge < -0.3 is 10.1 Å². The molecule has 0 aliphatic rings. The summed E-state index contributed by atoms with van der Waals surface area (Å²) in [5.41, 5.74) is 0.757. The topological polar surface area (TPSA) is 63.2 Å². The van der Waals surface area contributed by atoms with E-state index in [1.807, 2.05) is 24.3 Å². The van der Waals surface area contributed by atoms with Gasteiger partial charge >= 0.3 is 6.03 Å². The third-order valence-corrected chi connectivity index (χ3v) is 5.50. The number of halogens is 2. The highest BCUT2D eigenvalue weighted by Gasteiger charge is 2.15. The second-order valence-electron chi connectivity index (χ2n) is 5.43. The molecule has 0 spiro atoms. The number of benzene rings is 2. The minimum absolute atomic E-state index is 0.00439. The van der Waals surface area contributed by atoms with Crippen molar-refractivity contribution in [2.75, 3.05) is 13.2 Å². The Morgan fingerprint density at radius 2 is 2.07 bits per heavy atom. The van der Waals surface area contributed by atoms with Crippen molar-refractivity contribution in [3.05, 3.63) is 53.6 Å². The summed E-state index contributed by atoms with van der Waals surface area (Å²) in [5.74, 6) is -1.39. The Labute approximate surface area is 163 Å². The molecule has 0 bridgehead atoms. The largest absolute Gasteiger partial charge is 0.491 e. The Bertz CT molecular complexity index is 917. The number of hydrogen-bond donors (Lipinski definition) is 2. The van der Waals surface area contributed by atoms with Crippen LogP contribution in [-0.4, -0.2) is 24.2 Å². The number of fused-ring (bicyclic) bond motifs is 1. The van der Waals surface area contributed by atoms with Gasteiger partial charge in [0.05, 0.1) is 16.8 Å². The molecule has 0 saturated carbocycles. The summed E-state index contributed by atoms with van der Waals surface area (Å²) in [6.45, 7) is 2.08. The van der Waals surface area contributed by atoms with Crippen LogP contribution in [0.3, 0.4) is 0 Å². The van der Waals surface area contributed by atoms with Crippen LogP contribution in [0.15, 0.2) is 40.7 Å². The number of nitrogens with zero attached hydrogens (tertiary/aromatic N) is 1. The summed E-state index contributed by atoms with van der Waals surface area (Å²) in [6.07, 6.45) is 0.0117. The SMILES string of the molecule is CCOc1ccc(F)c(CCNC(=O)NSc2nc3ccccc3s2)c1F. The van der Waals surface area contributed by atoms with Crippen molar-refractivity contribution in [2.24, 2.45) is 0 Å². The highest BCUT2D eigenvalue weighted by Crippen LogP contribution is 2.27. The summed E-state index contributed by atoms with van der Waals surface area (Å²) >= 11 is 2.56. The van der Waals surface area contributed by atoms with Gasteiger partial charge in [0.1, 0.15) is 5.82 Å². The lowest BCUT2D eigenvalue weighted by Crippen LogP contribution is -2.33. The predicted molar refractivity (Wildman–Crippen MR) is 103 cm³/mol. The minimum Gasteiger partial charge on any atom is -0.491 e. The fourth-order valence-corrected chi connectivity index (χ4v) is 4.05. The average molecular weight is 409 g/mol. The number of rotatable bonds is 7. The van der Waals surface area contributed by atoms with Crippen LogP contribution in [0.2, 0.25) is 0 Å². The van der Waals surface area contributed by atoms with Crippen LogP contribution in [0.4, 0.5) is 13.6 Å². The first-order valence-electron chi connectivity index (χ1n) is 8.24. The van der Waals surface area contributed by atoms with Crippen LogP contribution >= 0.6 is 23.3 Å². The van der Waals surface area contributed by atoms with Crippen molar-refractivity contribution in [1.82, 2.24) is 15.0 Å². The van der Waals surface area contributed by atoms with Crippen LogP contribution in [0.25, 0.3) is 10.2 Å². The predicted octanol–water partition coefficient (Wildman–Crippen LogP) is 4.52. The van der Waals surface area contributed by atoms with Crippen LogP contribution in [0.1, 0.15) is 12.5 Å². The van der Waals surface area contributed by atoms with Gasteiger partial charge in [-0.3, -0.25) is 4.72 Å². The van der Waals surface area contributed by atoms with Crippen LogP contribution in [-0.2, 0) is 6.42 Å². The number of hydrogen-bond acceptors (Lipinski definition) is 5. The Hall–Kier alpha value is -2.39. The number of ether oxygens (including phenoxy) is 1. The smallest absolute Gasteiger partial charge is 0.325 e. The lowest BCUT2D eigenvalue weighted by atomic mass is 10.1. The number of para-hydroxylation sites is 1. The molecule has 142 valence electrons. The fraction of sp³-hybridized carbons (Fsp3) is 0.222. The maximum Gasteiger partial charge on any atom is 0.325 e. The molecule has 3 aromatic rings. The molecule has 2 aromatic carbocycles. The molecule has 9 heteroatoms. The zero-order chi connectivity index (χ0) is 19.2. The van der Waals surface area contributed by atoms with Gasteiger partial charge in [-0.15, -0.1) is 11.3 Å². The third-order valence-electron chi connectivity index (χ3n) is 3.62. The molecule has 0 fully saturated rings. The molecular formula is C18H17F2N3O2S2. The van der Waals surface area contributed by atoms with E-state index in [0.29, 0.717) is 4.34 Å². The standard InChI is InChI=1S/C18H17F2N3O2S2/c1-2-25-14-8-7-12(19)11(16(14)20)9-10-21-17(24)23-27-18-22-13-5-3-4-6-15(13)26-18/h3-8H,2,9-10H2,1H3,(H2,21,23,24). The van der Waals surface area contributed by atoms with Gasteiger partial charge in [-0.2, -0.15) is 0 Å². The molecule has 27 heavy (non-hydrogen) atoms. The number of carbonyl (C=O) groups is 1. The molecule has 0 aliphatic heterocycles. The monoisotopic (exact) mass is 409 g/mol. The Morgan fingerprint density at radius 1 is 1.26 bits per heavy atom. The van der Waals surface area contributed by atoms with Crippen molar-refractivity contribution in [1.29, 1.82) is 0 Å². The normalized spacial score (nSPS) is 10.8. The lowest BCUT2D eigenvalue weighted by molar-refractivity contribution is 0.246. The molecule has 2 N–H and O–H groups in total. The number of amides is 2. The molecule has 3 rings (SSSR count). The molecule has 0 radical (unpaired) electrons. The summed E-state index contributed by atoms with van der Waals surface area (Å²) in [4.78, 5) is 16.3. The number of thiazole rings is 1. The summed E-state index contributed by atoms with van der Waals surface area (Å²) in [6, 6.07) is 9.63. The Kier molecular flexibility index (Phi) is 6.46. The molecule has 0 saturated heterocycles. The Balaban J connectivity index is 1.50. The second kappa shape index (κ2) is 9.01. The maximum absolute atomic E-state index is 14.2. The van der Waals surface area contributed by atoms with Gasteiger partial charge in [-0.05, 0) is 37.6 Å². The molecule has 0 unspecified atom stereocenters. The second-order valence-corrected chi connectivity index (χ2v) is 7.51. The van der Waals surface area contributed by atoms with Crippen LogP contribution < -0.4 is 14.8 Å². The van der Waals surface area contributed by atoms with Crippen LogP contribution in [0.5, 0.6) is 5.75 Å².